The van der Waals surface area contributed by atoms with Gasteiger partial charge in [0.2, 0.25) is 0 Å². The molecule has 0 spiro atoms. The van der Waals surface area contributed by atoms with Gasteiger partial charge >= 0.3 is 0 Å². The fourth-order valence-corrected chi connectivity index (χ4v) is 2.69. The maximum absolute atomic E-state index is 4.75. The Balaban J connectivity index is 2.52. The van der Waals surface area contributed by atoms with Gasteiger partial charge in [0.1, 0.15) is 0 Å². The van der Waals surface area contributed by atoms with Crippen LogP contribution in [0.2, 0.25) is 0 Å². The zero-order valence-electron chi connectivity index (χ0n) is 13.1. The smallest absolute Gasteiger partial charge is 0.0437 e. The Morgan fingerprint density at radius 2 is 1.53 bits per heavy atom. The van der Waals surface area contributed by atoms with Crippen LogP contribution in [-0.2, 0) is 0 Å². The van der Waals surface area contributed by atoms with Crippen LogP contribution < -0.4 is 0 Å². The van der Waals surface area contributed by atoms with E-state index in [1.807, 2.05) is 0 Å². The highest BCUT2D eigenvalue weighted by molar-refractivity contribution is 5.14. The second kappa shape index (κ2) is 10.00. The van der Waals surface area contributed by atoms with Crippen molar-refractivity contribution in [3.63, 3.8) is 0 Å². The third-order valence-corrected chi connectivity index (χ3v) is 3.89. The average molecular weight is 261 g/mol. The number of hydrogen-bond acceptors (Lipinski definition) is 1. The van der Waals surface area contributed by atoms with Gasteiger partial charge in [-0.05, 0) is 31.9 Å². The molecule has 108 valence electrons. The van der Waals surface area contributed by atoms with Gasteiger partial charge in [-0.2, -0.15) is 0 Å². The molecule has 0 saturated carbocycles. The lowest BCUT2D eigenvalue weighted by atomic mass is 9.91. The molecule has 1 rings (SSSR count). The first-order valence-corrected chi connectivity index (χ1v) is 8.21. The Morgan fingerprint density at radius 1 is 0.895 bits per heavy atom. The Labute approximate surface area is 119 Å². The van der Waals surface area contributed by atoms with Crippen molar-refractivity contribution in [2.24, 2.45) is 0 Å². The molecule has 1 nitrogen and oxygen atoms in total. The van der Waals surface area contributed by atoms with Crippen LogP contribution in [0.3, 0.4) is 0 Å². The third-order valence-electron chi connectivity index (χ3n) is 3.89. The van der Waals surface area contributed by atoms with Crippen molar-refractivity contribution in [2.45, 2.75) is 84.5 Å². The van der Waals surface area contributed by atoms with Gasteiger partial charge in [-0.3, -0.25) is 4.98 Å². The van der Waals surface area contributed by atoms with E-state index in [-0.39, 0.29) is 0 Å². The van der Waals surface area contributed by atoms with E-state index in [1.54, 1.807) is 0 Å². The van der Waals surface area contributed by atoms with Crippen molar-refractivity contribution >= 4 is 0 Å². The van der Waals surface area contributed by atoms with Gasteiger partial charge in [0, 0.05) is 17.3 Å². The molecule has 0 amide bonds. The second-order valence-electron chi connectivity index (χ2n) is 5.75. The number of aryl methyl sites for hydroxylation is 1. The molecule has 0 aromatic carbocycles. The average Bonchev–Trinajstić information content (AvgIpc) is 2.41. The molecule has 1 atom stereocenters. The van der Waals surface area contributed by atoms with E-state index in [0.717, 1.165) is 5.69 Å². The first kappa shape index (κ1) is 16.2. The predicted octanol–water partition coefficient (Wildman–Crippen LogP) is 6.02. The first-order valence-electron chi connectivity index (χ1n) is 8.21. The molecule has 0 saturated heterocycles. The van der Waals surface area contributed by atoms with Gasteiger partial charge in [-0.1, -0.05) is 64.9 Å². The van der Waals surface area contributed by atoms with Gasteiger partial charge in [-0.25, -0.2) is 0 Å². The topological polar surface area (TPSA) is 12.9 Å². The maximum Gasteiger partial charge on any atom is 0.0437 e. The SMILES string of the molecule is CCCCCCC(CCCCC)c1cccc(C)n1. The van der Waals surface area contributed by atoms with Gasteiger partial charge in [0.05, 0.1) is 0 Å². The van der Waals surface area contributed by atoms with Crippen LogP contribution in [0.15, 0.2) is 18.2 Å². The van der Waals surface area contributed by atoms with E-state index in [0.29, 0.717) is 5.92 Å². The van der Waals surface area contributed by atoms with Crippen LogP contribution in [0.5, 0.6) is 0 Å². The predicted molar refractivity (Wildman–Crippen MR) is 84.6 cm³/mol. The van der Waals surface area contributed by atoms with E-state index in [1.165, 1.54) is 63.5 Å². The van der Waals surface area contributed by atoms with Crippen LogP contribution in [0.25, 0.3) is 0 Å². The third kappa shape index (κ3) is 6.75. The highest BCUT2D eigenvalue weighted by atomic mass is 14.7. The molecule has 0 aliphatic rings. The normalized spacial score (nSPS) is 12.6. The molecule has 19 heavy (non-hydrogen) atoms. The molecule has 1 heterocycles. The Morgan fingerprint density at radius 3 is 2.16 bits per heavy atom. The molecule has 1 unspecified atom stereocenters. The molecule has 0 aliphatic heterocycles. The summed E-state index contributed by atoms with van der Waals surface area (Å²) < 4.78 is 0. The summed E-state index contributed by atoms with van der Waals surface area (Å²) in [6.07, 6.45) is 12.1. The van der Waals surface area contributed by atoms with Crippen LogP contribution in [0, 0.1) is 6.92 Å². The summed E-state index contributed by atoms with van der Waals surface area (Å²) in [5.74, 6) is 0.684. The zero-order valence-corrected chi connectivity index (χ0v) is 13.1. The monoisotopic (exact) mass is 261 g/mol. The quantitative estimate of drug-likeness (QED) is 0.469. The Hall–Kier alpha value is -0.850. The Bertz CT molecular complexity index is 332. The molecule has 0 radical (unpaired) electrons. The summed E-state index contributed by atoms with van der Waals surface area (Å²) in [7, 11) is 0. The van der Waals surface area contributed by atoms with E-state index >= 15 is 0 Å². The van der Waals surface area contributed by atoms with Crippen molar-refractivity contribution in [1.29, 1.82) is 0 Å². The molecule has 0 bridgehead atoms. The molecular weight excluding hydrogens is 230 g/mol. The number of unbranched alkanes of at least 4 members (excludes halogenated alkanes) is 5. The standard InChI is InChI=1S/C18H31N/c1-4-6-8-10-14-17(13-9-7-5-2)18-15-11-12-16(3)19-18/h11-12,15,17H,4-10,13-14H2,1-3H3. The van der Waals surface area contributed by atoms with E-state index in [4.69, 9.17) is 4.98 Å². The van der Waals surface area contributed by atoms with Crippen LogP contribution >= 0.6 is 0 Å². The van der Waals surface area contributed by atoms with Crippen molar-refractivity contribution in [2.75, 3.05) is 0 Å². The summed E-state index contributed by atoms with van der Waals surface area (Å²) >= 11 is 0. The fourth-order valence-electron chi connectivity index (χ4n) is 2.69. The highest BCUT2D eigenvalue weighted by Crippen LogP contribution is 2.27. The maximum atomic E-state index is 4.75. The summed E-state index contributed by atoms with van der Waals surface area (Å²) in [6, 6.07) is 6.49. The lowest BCUT2D eigenvalue weighted by molar-refractivity contribution is 0.492. The van der Waals surface area contributed by atoms with Crippen molar-refractivity contribution in [3.8, 4) is 0 Å². The minimum atomic E-state index is 0.684. The first-order chi connectivity index (χ1) is 9.27. The highest BCUT2D eigenvalue weighted by Gasteiger charge is 2.12. The Kier molecular flexibility index (Phi) is 8.53. The van der Waals surface area contributed by atoms with E-state index < -0.39 is 0 Å². The van der Waals surface area contributed by atoms with E-state index in [9.17, 15) is 0 Å². The molecule has 0 N–H and O–H groups in total. The van der Waals surface area contributed by atoms with Crippen LogP contribution in [0.4, 0.5) is 0 Å². The van der Waals surface area contributed by atoms with Crippen molar-refractivity contribution < 1.29 is 0 Å². The van der Waals surface area contributed by atoms with Gasteiger partial charge in [0.15, 0.2) is 0 Å². The van der Waals surface area contributed by atoms with Gasteiger partial charge in [0.25, 0.3) is 0 Å². The largest absolute Gasteiger partial charge is 0.258 e. The molecule has 1 aromatic heterocycles. The second-order valence-corrected chi connectivity index (χ2v) is 5.75. The number of aromatic nitrogens is 1. The number of nitrogens with zero attached hydrogens (tertiary/aromatic N) is 1. The minimum Gasteiger partial charge on any atom is -0.258 e. The number of rotatable bonds is 10. The summed E-state index contributed by atoms with van der Waals surface area (Å²) in [4.78, 5) is 4.75. The van der Waals surface area contributed by atoms with Gasteiger partial charge in [-0.15, -0.1) is 0 Å². The van der Waals surface area contributed by atoms with E-state index in [2.05, 4.69) is 39.0 Å². The minimum absolute atomic E-state index is 0.684. The summed E-state index contributed by atoms with van der Waals surface area (Å²) in [5.41, 5.74) is 2.49. The number of pyridine rings is 1. The van der Waals surface area contributed by atoms with Crippen molar-refractivity contribution in [1.82, 2.24) is 4.98 Å². The zero-order chi connectivity index (χ0) is 13.9. The molecule has 1 heteroatoms. The fraction of sp³-hybridized carbons (Fsp3) is 0.722. The number of hydrogen-bond donors (Lipinski definition) is 0. The molecular formula is C18H31N. The summed E-state index contributed by atoms with van der Waals surface area (Å²) in [5, 5.41) is 0. The van der Waals surface area contributed by atoms with Crippen LogP contribution in [-0.4, -0.2) is 4.98 Å². The molecule has 1 aromatic rings. The lowest BCUT2D eigenvalue weighted by Gasteiger charge is -2.17. The van der Waals surface area contributed by atoms with Gasteiger partial charge < -0.3 is 0 Å². The molecule has 0 fully saturated rings. The van der Waals surface area contributed by atoms with Crippen LogP contribution in [0.1, 0.15) is 88.9 Å². The molecule has 0 aliphatic carbocycles. The summed E-state index contributed by atoms with van der Waals surface area (Å²) in [6.45, 7) is 6.66. The lowest BCUT2D eigenvalue weighted by Crippen LogP contribution is -2.03. The van der Waals surface area contributed by atoms with Crippen molar-refractivity contribution in [3.05, 3.63) is 29.6 Å².